The molecule has 5 aliphatic carbocycles. The number of rotatable bonds is 17. The Balaban J connectivity index is 0.696. The summed E-state index contributed by atoms with van der Waals surface area (Å²) in [5, 5.41) is 207. The first-order chi connectivity index (χ1) is 48.8. The highest BCUT2D eigenvalue weighted by atomic mass is 16.8. The smallest absolute Gasteiger partial charge is 0.315 e. The van der Waals surface area contributed by atoms with Crippen LogP contribution in [0.5, 0.6) is 0 Å². The molecule has 598 valence electrons. The molecule has 0 aromatic carbocycles. The molecule has 34 nitrogen and oxygen atoms in total. The fraction of sp³-hybridized carbons (Fsp3) is 0.957. The van der Waals surface area contributed by atoms with Crippen molar-refractivity contribution in [3.63, 3.8) is 0 Å². The quantitative estimate of drug-likeness (QED) is 0.0368. The van der Waals surface area contributed by atoms with Crippen LogP contribution in [-0.2, 0) is 71.1 Å². The van der Waals surface area contributed by atoms with Crippen LogP contribution in [0.2, 0.25) is 0 Å². The molecule has 0 unspecified atom stereocenters. The van der Waals surface area contributed by atoms with Gasteiger partial charge in [-0.3, -0.25) is 4.79 Å². The van der Waals surface area contributed by atoms with Gasteiger partial charge < -0.3 is 163 Å². The Hall–Kier alpha value is -2.07. The van der Waals surface area contributed by atoms with Gasteiger partial charge in [0.1, 0.15) is 146 Å². The van der Waals surface area contributed by atoms with Gasteiger partial charge in [0.2, 0.25) is 6.29 Å². The molecule has 7 heterocycles. The van der Waals surface area contributed by atoms with Crippen molar-refractivity contribution in [2.45, 2.75) is 335 Å². The van der Waals surface area contributed by atoms with E-state index in [1.54, 1.807) is 0 Å². The molecule has 41 atom stereocenters. The average molecular weight is 1500 g/mol. The molecule has 0 radical (unpaired) electrons. The van der Waals surface area contributed by atoms with Crippen LogP contribution in [0.25, 0.3) is 0 Å². The molecule has 104 heavy (non-hydrogen) atoms. The zero-order valence-electron chi connectivity index (χ0n) is 60.2. The molecule has 0 bridgehead atoms. The van der Waals surface area contributed by atoms with E-state index in [0.717, 1.165) is 19.3 Å². The van der Waals surface area contributed by atoms with Gasteiger partial charge in [0.25, 0.3) is 0 Å². The molecule has 7 saturated heterocycles. The summed E-state index contributed by atoms with van der Waals surface area (Å²) in [5.41, 5.74) is -1.63. The van der Waals surface area contributed by atoms with E-state index in [4.69, 9.17) is 66.3 Å². The van der Waals surface area contributed by atoms with E-state index < -0.39 is 257 Å². The molecule has 11 fully saturated rings. The molecule has 12 aliphatic rings. The molecular formula is C70H114O34. The third kappa shape index (κ3) is 14.3. The maximum Gasteiger partial charge on any atom is 0.315 e. The van der Waals surface area contributed by atoms with Gasteiger partial charge in [0.15, 0.2) is 37.7 Å². The van der Waals surface area contributed by atoms with Crippen molar-refractivity contribution >= 4 is 5.97 Å². The van der Waals surface area contributed by atoms with Gasteiger partial charge in [-0.2, -0.15) is 0 Å². The minimum absolute atomic E-state index is 0.0702. The lowest BCUT2D eigenvalue weighted by molar-refractivity contribution is -0.382. The Bertz CT molecular complexity index is 2950. The fourth-order valence-electron chi connectivity index (χ4n) is 20.2. The van der Waals surface area contributed by atoms with Crippen LogP contribution in [0.15, 0.2) is 11.6 Å². The summed E-state index contributed by atoms with van der Waals surface area (Å²) in [6, 6.07) is 0. The van der Waals surface area contributed by atoms with Gasteiger partial charge in [-0.1, -0.05) is 60.1 Å². The van der Waals surface area contributed by atoms with E-state index in [1.165, 1.54) is 19.4 Å². The molecule has 4 saturated carbocycles. The van der Waals surface area contributed by atoms with Gasteiger partial charge in [-0.25, -0.2) is 0 Å². The normalized spacial score (nSPS) is 54.7. The van der Waals surface area contributed by atoms with E-state index in [0.29, 0.717) is 44.9 Å². The number of aliphatic hydroxyl groups excluding tert-OH is 19. The number of ether oxygens (including phenoxy) is 14. The standard InChI is InChI=1S/C70H114O34/c1-26-38(74)44(80)49(85)59(94-26)101-54-32(22-72)97-57(52(88)47(54)83)92-24-33-42(78)46(82)51(87)61(99-33)104-64(90)70-18-16-65(3,4)20-29(70)28-10-11-36-67(7)14-13-37(66(5,6)35(67)12-15-69(36,9)68(28,8)17-19-70)100-63-56(40(76)30(73)23-91-63)103-62-53(89)55(39(75)27(2)95-62)102-58-48(84)43(79)34(25-93-58)98-60-50(86)45(81)41(77)31(21-71)96-60/h10,26-27,29-63,71-89H,11-25H2,1-9H3/t26-,27-,29-,30-,31+,32+,33+,34+,35-,36+,37+,38-,39-,40-,41+,42+,43+,44+,45-,46-,47+,48+,49+,50+,51+,52+,53+,54+,55+,56+,57+,58-,59-,60-,61-,62-,63-,67-,68+,69+,70-/m0/s1. The SMILES string of the molecule is C[C@@H]1O[C@@H](O[C@H]2[C@H](O)[C@@H](O)[C@H](OC[C@H]3O[C@@H](OC(=O)[C@]45CCC(C)(C)C[C@H]4C4=CC[C@@H]6[C@@]7(C)CC[C@@H](O[C@@H]8OC[C@H](O)[C@H](O)[C@H]8O[C@@H]8O[C@@H](C)[C@H](O)[C@@H](O[C@@H]9OC[C@@H](O[C@@H]%10O[C@H](CO)[C@@H](O)[C@H](O)[C@H]%10O)[C@@H](O)[C@H]9O)[C@H]8O)C(C)(C)[C@@H]7CC[C@@]6(C)[C@]4(C)CC5)[C@H](O)[C@@H](O)[C@@H]3O)O[C@@H]2CO)[C@H](O)[C@H](O)[C@H]1O. The van der Waals surface area contributed by atoms with Gasteiger partial charge >= 0.3 is 5.97 Å². The van der Waals surface area contributed by atoms with Gasteiger partial charge in [-0.05, 0) is 123 Å². The lowest BCUT2D eigenvalue weighted by atomic mass is 9.33. The van der Waals surface area contributed by atoms with Crippen molar-refractivity contribution in [3.8, 4) is 0 Å². The molecule has 7 aliphatic heterocycles. The van der Waals surface area contributed by atoms with Crippen LogP contribution in [-0.4, -0.2) is 345 Å². The number of hydrogen-bond acceptors (Lipinski definition) is 34. The third-order valence-corrected chi connectivity index (χ3v) is 26.9. The molecular weight excluding hydrogens is 1380 g/mol. The van der Waals surface area contributed by atoms with E-state index in [9.17, 15) is 97.0 Å². The molecule has 34 heteroatoms. The number of carbonyl (C=O) groups excluding carboxylic acids is 1. The summed E-state index contributed by atoms with van der Waals surface area (Å²) in [6.45, 7) is 15.6. The Morgan fingerprint density at radius 3 is 1.68 bits per heavy atom. The first-order valence-corrected chi connectivity index (χ1v) is 36.9. The van der Waals surface area contributed by atoms with Gasteiger partial charge in [0.05, 0.1) is 56.8 Å². The number of allylic oxidation sites excluding steroid dienone is 2. The molecule has 0 aromatic heterocycles. The minimum atomic E-state index is -1.92. The molecule has 0 amide bonds. The van der Waals surface area contributed by atoms with E-state index in [1.807, 2.05) is 0 Å². The second-order valence-corrected chi connectivity index (χ2v) is 33.8. The Labute approximate surface area is 602 Å². The molecule has 0 aromatic rings. The van der Waals surface area contributed by atoms with Crippen LogP contribution >= 0.6 is 0 Å². The van der Waals surface area contributed by atoms with Crippen LogP contribution in [0, 0.1) is 50.2 Å². The van der Waals surface area contributed by atoms with E-state index in [-0.39, 0.29) is 40.6 Å². The number of hydrogen-bond donors (Lipinski definition) is 19. The highest BCUT2D eigenvalue weighted by Gasteiger charge is 2.71. The van der Waals surface area contributed by atoms with Gasteiger partial charge in [0, 0.05) is 0 Å². The third-order valence-electron chi connectivity index (χ3n) is 26.9. The second-order valence-electron chi connectivity index (χ2n) is 33.8. The topological polar surface area (TPSA) is 531 Å². The molecule has 19 N–H and O–H groups in total. The minimum Gasteiger partial charge on any atom is -0.432 e. The summed E-state index contributed by atoms with van der Waals surface area (Å²) < 4.78 is 83.2. The average Bonchev–Trinajstić information content (AvgIpc) is 0.675. The van der Waals surface area contributed by atoms with E-state index >= 15 is 4.79 Å². The van der Waals surface area contributed by atoms with Crippen LogP contribution in [0.3, 0.4) is 0 Å². The summed E-state index contributed by atoms with van der Waals surface area (Å²) in [5.74, 6) is -0.720. The van der Waals surface area contributed by atoms with Gasteiger partial charge in [-0.15, -0.1) is 0 Å². The number of carbonyl (C=O) groups is 1. The summed E-state index contributed by atoms with van der Waals surface area (Å²) >= 11 is 0. The predicted molar refractivity (Wildman–Crippen MR) is 346 cm³/mol. The van der Waals surface area contributed by atoms with Crippen LogP contribution in [0.4, 0.5) is 0 Å². The largest absolute Gasteiger partial charge is 0.432 e. The first kappa shape index (κ1) is 81.4. The predicted octanol–water partition coefficient (Wildman–Crippen LogP) is -5.23. The fourth-order valence-corrected chi connectivity index (χ4v) is 20.2. The zero-order valence-corrected chi connectivity index (χ0v) is 60.2. The maximum atomic E-state index is 15.4. The van der Waals surface area contributed by atoms with Crippen molar-refractivity contribution in [1.29, 1.82) is 0 Å². The molecule has 0 spiro atoms. The summed E-state index contributed by atoms with van der Waals surface area (Å²) in [7, 11) is 0. The highest BCUT2D eigenvalue weighted by molar-refractivity contribution is 5.79. The Morgan fingerprint density at radius 2 is 1.01 bits per heavy atom. The van der Waals surface area contributed by atoms with Crippen molar-refractivity contribution in [2.24, 2.45) is 50.2 Å². The van der Waals surface area contributed by atoms with Crippen LogP contribution in [0.1, 0.15) is 127 Å². The second kappa shape index (κ2) is 30.8. The van der Waals surface area contributed by atoms with E-state index in [2.05, 4.69) is 54.5 Å². The Morgan fingerprint density at radius 1 is 0.462 bits per heavy atom. The van der Waals surface area contributed by atoms with Crippen molar-refractivity contribution in [2.75, 3.05) is 33.0 Å². The Kier molecular flexibility index (Phi) is 24.1. The van der Waals surface area contributed by atoms with Crippen molar-refractivity contribution in [3.05, 3.63) is 11.6 Å². The highest BCUT2D eigenvalue weighted by Crippen LogP contribution is 2.76. The number of fused-ring (bicyclic) bond motifs is 7. The number of esters is 1. The summed E-state index contributed by atoms with van der Waals surface area (Å²) in [4.78, 5) is 15.4. The lowest BCUT2D eigenvalue weighted by Gasteiger charge is -2.71. The van der Waals surface area contributed by atoms with Crippen LogP contribution < -0.4 is 0 Å². The van der Waals surface area contributed by atoms with Crippen molar-refractivity contribution in [1.82, 2.24) is 0 Å². The molecule has 12 rings (SSSR count). The van der Waals surface area contributed by atoms with Crippen molar-refractivity contribution < 1.29 is 168 Å². The number of aliphatic hydroxyl groups is 19. The lowest BCUT2D eigenvalue weighted by Crippen LogP contribution is -2.66. The first-order valence-electron chi connectivity index (χ1n) is 36.9. The summed E-state index contributed by atoms with van der Waals surface area (Å²) in [6.07, 6.45) is -45.9. The zero-order chi connectivity index (χ0) is 75.7. The maximum absolute atomic E-state index is 15.4. The monoisotopic (exact) mass is 1500 g/mol.